The molecule has 0 atom stereocenters. The highest BCUT2D eigenvalue weighted by Gasteiger charge is 2.34. The van der Waals surface area contributed by atoms with Crippen LogP contribution in [0.1, 0.15) is 18.2 Å². The molecule has 4 aromatic rings. The molecule has 5 nitrogen and oxygen atoms in total. The molecular weight excluding hydrogens is 430 g/mol. The van der Waals surface area contributed by atoms with Crippen LogP contribution in [0, 0.1) is 0 Å². The number of hydrogen-bond acceptors (Lipinski definition) is 3. The summed E-state index contributed by atoms with van der Waals surface area (Å²) in [5, 5.41) is 4.99. The van der Waals surface area contributed by atoms with Gasteiger partial charge in [0.25, 0.3) is 11.8 Å². The number of aromatic nitrogens is 1. The van der Waals surface area contributed by atoms with E-state index in [1.54, 1.807) is 6.08 Å². The fourth-order valence-electron chi connectivity index (χ4n) is 3.99. The average molecular weight is 452 g/mol. The summed E-state index contributed by atoms with van der Waals surface area (Å²) in [7, 11) is 0. The molecule has 1 N–H and O–H groups in total. The van der Waals surface area contributed by atoms with Gasteiger partial charge in [0.15, 0.2) is 5.11 Å². The number of fused-ring (bicyclic) bond motifs is 1. The van der Waals surface area contributed by atoms with Crippen LogP contribution >= 0.6 is 12.2 Å². The topological polar surface area (TPSA) is 54.3 Å². The second-order valence-electron chi connectivity index (χ2n) is 7.81. The lowest BCUT2D eigenvalue weighted by atomic mass is 10.1. The zero-order valence-electron chi connectivity index (χ0n) is 18.0. The molecule has 0 saturated carbocycles. The molecule has 6 heteroatoms. The lowest BCUT2D eigenvalue weighted by Gasteiger charge is -2.29. The van der Waals surface area contributed by atoms with Crippen LogP contribution in [0.15, 0.2) is 90.6 Å². The molecule has 3 aromatic carbocycles. The third-order valence-electron chi connectivity index (χ3n) is 5.79. The van der Waals surface area contributed by atoms with Crippen molar-refractivity contribution >= 4 is 51.7 Å². The Morgan fingerprint density at radius 1 is 0.879 bits per heavy atom. The standard InChI is InChI=1S/C27H21N3O2S/c1-2-18-9-12-21(13-10-18)30-26(32)24(25(31)28-27(30)33)17-22-8-5-15-29(22)23-14-11-19-6-3-4-7-20(19)16-23/h3-17H,2H2,1H3,(H,28,31,33)/b24-17+. The van der Waals surface area contributed by atoms with Crippen LogP contribution in [0.2, 0.25) is 0 Å². The van der Waals surface area contributed by atoms with Gasteiger partial charge in [-0.05, 0) is 77.4 Å². The molecule has 2 amide bonds. The van der Waals surface area contributed by atoms with E-state index in [2.05, 4.69) is 36.5 Å². The van der Waals surface area contributed by atoms with Crippen molar-refractivity contribution in [3.8, 4) is 5.69 Å². The number of hydrogen-bond donors (Lipinski definition) is 1. The summed E-state index contributed by atoms with van der Waals surface area (Å²) < 4.78 is 1.95. The molecule has 0 unspecified atom stereocenters. The Balaban J connectivity index is 1.53. The molecule has 33 heavy (non-hydrogen) atoms. The first kappa shape index (κ1) is 20.8. The van der Waals surface area contributed by atoms with Crippen LogP contribution in [0.4, 0.5) is 5.69 Å². The maximum absolute atomic E-state index is 13.4. The normalized spacial score (nSPS) is 15.4. The van der Waals surface area contributed by atoms with Gasteiger partial charge in [-0.3, -0.25) is 19.8 Å². The predicted molar refractivity (Wildman–Crippen MR) is 135 cm³/mol. The molecule has 0 aliphatic carbocycles. The van der Waals surface area contributed by atoms with E-state index in [-0.39, 0.29) is 10.7 Å². The van der Waals surface area contributed by atoms with Crippen LogP contribution in [0.3, 0.4) is 0 Å². The smallest absolute Gasteiger partial charge is 0.270 e. The largest absolute Gasteiger partial charge is 0.317 e. The number of rotatable bonds is 4. The maximum Gasteiger partial charge on any atom is 0.270 e. The highest BCUT2D eigenvalue weighted by molar-refractivity contribution is 7.80. The van der Waals surface area contributed by atoms with Crippen molar-refractivity contribution in [2.45, 2.75) is 13.3 Å². The first-order valence-corrected chi connectivity index (χ1v) is 11.1. The fourth-order valence-corrected chi connectivity index (χ4v) is 4.27. The van der Waals surface area contributed by atoms with E-state index in [4.69, 9.17) is 12.2 Å². The van der Waals surface area contributed by atoms with Crippen molar-refractivity contribution in [3.63, 3.8) is 0 Å². The van der Waals surface area contributed by atoms with Crippen LogP contribution in [-0.2, 0) is 16.0 Å². The Morgan fingerprint density at radius 3 is 2.36 bits per heavy atom. The third kappa shape index (κ3) is 3.85. The second kappa shape index (κ2) is 8.48. The highest BCUT2D eigenvalue weighted by atomic mass is 32.1. The van der Waals surface area contributed by atoms with Gasteiger partial charge in [-0.2, -0.15) is 0 Å². The molecule has 0 spiro atoms. The number of amides is 2. The third-order valence-corrected chi connectivity index (χ3v) is 6.07. The van der Waals surface area contributed by atoms with E-state index in [1.165, 1.54) is 4.90 Å². The van der Waals surface area contributed by atoms with E-state index in [0.29, 0.717) is 5.69 Å². The van der Waals surface area contributed by atoms with Crippen LogP contribution in [0.25, 0.3) is 22.5 Å². The zero-order chi connectivity index (χ0) is 22.9. The Kier molecular flexibility index (Phi) is 5.36. The zero-order valence-corrected chi connectivity index (χ0v) is 18.8. The summed E-state index contributed by atoms with van der Waals surface area (Å²) >= 11 is 5.31. The van der Waals surface area contributed by atoms with Crippen LogP contribution in [-0.4, -0.2) is 21.5 Å². The van der Waals surface area contributed by atoms with Crippen molar-refractivity contribution in [2.24, 2.45) is 0 Å². The first-order valence-electron chi connectivity index (χ1n) is 10.7. The minimum absolute atomic E-state index is 0.0314. The molecule has 162 valence electrons. The monoisotopic (exact) mass is 451 g/mol. The lowest BCUT2D eigenvalue weighted by Crippen LogP contribution is -2.54. The van der Waals surface area contributed by atoms with Crippen molar-refractivity contribution in [3.05, 3.63) is 102 Å². The molecule has 1 fully saturated rings. The van der Waals surface area contributed by atoms with E-state index in [9.17, 15) is 9.59 Å². The van der Waals surface area contributed by atoms with Gasteiger partial charge in [0.05, 0.1) is 5.69 Å². The second-order valence-corrected chi connectivity index (χ2v) is 8.20. The highest BCUT2D eigenvalue weighted by Crippen LogP contribution is 2.25. The minimum atomic E-state index is -0.502. The van der Waals surface area contributed by atoms with Gasteiger partial charge in [-0.15, -0.1) is 0 Å². The van der Waals surface area contributed by atoms with Crippen molar-refractivity contribution in [1.82, 2.24) is 9.88 Å². The number of aryl methyl sites for hydroxylation is 1. The SMILES string of the molecule is CCc1ccc(N2C(=O)/C(=C/c3cccn3-c3ccc4ccccc4c3)C(=O)NC2=S)cc1. The van der Waals surface area contributed by atoms with E-state index < -0.39 is 11.8 Å². The molecule has 0 radical (unpaired) electrons. The van der Waals surface area contributed by atoms with Gasteiger partial charge in [0.2, 0.25) is 0 Å². The van der Waals surface area contributed by atoms with Crippen molar-refractivity contribution < 1.29 is 9.59 Å². The molecule has 0 bridgehead atoms. The summed E-state index contributed by atoms with van der Waals surface area (Å²) in [6.07, 6.45) is 4.42. The number of benzene rings is 3. The summed E-state index contributed by atoms with van der Waals surface area (Å²) in [6, 6.07) is 25.6. The predicted octanol–water partition coefficient (Wildman–Crippen LogP) is 5.02. The summed E-state index contributed by atoms with van der Waals surface area (Å²) in [4.78, 5) is 27.4. The molecule has 1 aromatic heterocycles. The Hall–Kier alpha value is -4.03. The Bertz CT molecular complexity index is 1430. The van der Waals surface area contributed by atoms with Gasteiger partial charge in [0.1, 0.15) is 5.57 Å². The van der Waals surface area contributed by atoms with Crippen LogP contribution in [0.5, 0.6) is 0 Å². The van der Waals surface area contributed by atoms with Gasteiger partial charge in [-0.25, -0.2) is 0 Å². The molecule has 1 aliphatic heterocycles. The molecule has 5 rings (SSSR count). The number of anilines is 1. The van der Waals surface area contributed by atoms with Gasteiger partial charge in [-0.1, -0.05) is 49.4 Å². The van der Waals surface area contributed by atoms with E-state index in [0.717, 1.165) is 34.1 Å². The van der Waals surface area contributed by atoms with E-state index >= 15 is 0 Å². The van der Waals surface area contributed by atoms with Gasteiger partial charge in [0, 0.05) is 17.6 Å². The summed E-state index contributed by atoms with van der Waals surface area (Å²) in [6.45, 7) is 2.07. The number of nitrogens with one attached hydrogen (secondary N) is 1. The van der Waals surface area contributed by atoms with Crippen molar-refractivity contribution in [1.29, 1.82) is 0 Å². The molecular formula is C27H21N3O2S. The number of carbonyl (C=O) groups excluding carboxylic acids is 2. The lowest BCUT2D eigenvalue weighted by molar-refractivity contribution is -0.122. The molecule has 2 heterocycles. The summed E-state index contributed by atoms with van der Waals surface area (Å²) in [5.74, 6) is -0.947. The number of nitrogens with zero attached hydrogens (tertiary/aromatic N) is 2. The number of thiocarbonyl (C=S) groups is 1. The maximum atomic E-state index is 13.4. The summed E-state index contributed by atoms with van der Waals surface area (Å²) in [5.41, 5.74) is 3.47. The molecule has 1 saturated heterocycles. The molecule has 1 aliphatic rings. The van der Waals surface area contributed by atoms with Gasteiger partial charge >= 0.3 is 0 Å². The van der Waals surface area contributed by atoms with E-state index in [1.807, 2.05) is 65.4 Å². The van der Waals surface area contributed by atoms with Crippen molar-refractivity contribution in [2.75, 3.05) is 4.90 Å². The first-order chi connectivity index (χ1) is 16.0. The van der Waals surface area contributed by atoms with Crippen LogP contribution < -0.4 is 10.2 Å². The fraction of sp³-hybridized carbons (Fsp3) is 0.0741. The average Bonchev–Trinajstić information content (AvgIpc) is 3.30. The van der Waals surface area contributed by atoms with Gasteiger partial charge < -0.3 is 4.57 Å². The minimum Gasteiger partial charge on any atom is -0.317 e. The number of carbonyl (C=O) groups is 2. The Labute approximate surface area is 196 Å². The Morgan fingerprint density at radius 2 is 1.61 bits per heavy atom. The quantitative estimate of drug-likeness (QED) is 0.269.